The fraction of sp³-hybridized carbons (Fsp3) is 0.429. The van der Waals surface area contributed by atoms with Gasteiger partial charge in [0.25, 0.3) is 0 Å². The van der Waals surface area contributed by atoms with Crippen LogP contribution >= 0.6 is 15.9 Å². The maximum atomic E-state index is 12.2. The Morgan fingerprint density at radius 3 is 2.74 bits per heavy atom. The van der Waals surface area contributed by atoms with E-state index in [9.17, 15) is 18.0 Å². The van der Waals surface area contributed by atoms with Crippen molar-refractivity contribution in [3.63, 3.8) is 0 Å². The number of nitrogens with zero attached hydrogens (tertiary/aromatic N) is 1. The largest absolute Gasteiger partial charge is 0.481 e. The number of amides is 1. The fourth-order valence-corrected chi connectivity index (χ4v) is 4.13. The summed E-state index contributed by atoms with van der Waals surface area (Å²) in [6.45, 7) is 0.180. The minimum absolute atomic E-state index is 0.0561. The first kappa shape index (κ1) is 17.9. The van der Waals surface area contributed by atoms with E-state index in [-0.39, 0.29) is 31.0 Å². The molecule has 1 aliphatic heterocycles. The second kappa shape index (κ2) is 6.98. The van der Waals surface area contributed by atoms with E-state index < -0.39 is 28.0 Å². The monoisotopic (exact) mass is 404 g/mol. The molecule has 9 heteroatoms. The topological polar surface area (TPSA) is 118 Å². The summed E-state index contributed by atoms with van der Waals surface area (Å²) in [6, 6.07) is 6.43. The Morgan fingerprint density at radius 1 is 1.48 bits per heavy atom. The lowest BCUT2D eigenvalue weighted by Gasteiger charge is -2.27. The lowest BCUT2D eigenvalue weighted by atomic mass is 10.0. The molecule has 126 valence electrons. The van der Waals surface area contributed by atoms with Crippen LogP contribution in [-0.2, 0) is 19.6 Å². The molecule has 1 amide bonds. The summed E-state index contributed by atoms with van der Waals surface area (Å²) in [6.07, 6.45) is -0.190. The maximum Gasteiger partial charge on any atom is 0.305 e. The van der Waals surface area contributed by atoms with Gasteiger partial charge in [-0.15, -0.1) is 0 Å². The summed E-state index contributed by atoms with van der Waals surface area (Å²) < 4.78 is 23.2. The molecule has 2 atom stereocenters. The summed E-state index contributed by atoms with van der Waals surface area (Å²) in [5, 5.41) is 14.2. The van der Waals surface area contributed by atoms with E-state index in [1.165, 1.54) is 4.90 Å². The van der Waals surface area contributed by atoms with Gasteiger partial charge in [0.2, 0.25) is 15.9 Å². The minimum Gasteiger partial charge on any atom is -0.481 e. The first-order chi connectivity index (χ1) is 10.7. The quantitative estimate of drug-likeness (QED) is 0.735. The van der Waals surface area contributed by atoms with Crippen molar-refractivity contribution in [3.05, 3.63) is 34.3 Å². The van der Waals surface area contributed by atoms with Crippen molar-refractivity contribution in [2.45, 2.75) is 18.9 Å². The maximum absolute atomic E-state index is 12.2. The molecule has 7 nitrogen and oxygen atoms in total. The molecule has 2 rings (SSSR count). The van der Waals surface area contributed by atoms with Gasteiger partial charge in [0.15, 0.2) is 0 Å². The molecule has 1 heterocycles. The SMILES string of the molecule is NS(=O)(=O)CC1CC(=O)N(C(CC(=O)O)c2cccc(Br)c2)C1. The van der Waals surface area contributed by atoms with E-state index in [4.69, 9.17) is 10.2 Å². The second-order valence-corrected chi connectivity index (χ2v) is 8.19. The summed E-state index contributed by atoms with van der Waals surface area (Å²) >= 11 is 3.33. The van der Waals surface area contributed by atoms with Crippen LogP contribution in [0.1, 0.15) is 24.4 Å². The Hall–Kier alpha value is -1.45. The fourth-order valence-electron chi connectivity index (χ4n) is 2.84. The molecule has 1 fully saturated rings. The molecule has 0 radical (unpaired) electrons. The number of rotatable bonds is 6. The van der Waals surface area contributed by atoms with E-state index in [0.717, 1.165) is 4.47 Å². The smallest absolute Gasteiger partial charge is 0.305 e. The van der Waals surface area contributed by atoms with Crippen LogP contribution in [0.2, 0.25) is 0 Å². The molecular formula is C14H17BrN2O5S. The highest BCUT2D eigenvalue weighted by Gasteiger charge is 2.37. The zero-order valence-electron chi connectivity index (χ0n) is 12.2. The highest BCUT2D eigenvalue weighted by Crippen LogP contribution is 2.32. The molecule has 1 aromatic carbocycles. The van der Waals surface area contributed by atoms with Gasteiger partial charge in [0.05, 0.1) is 18.2 Å². The Balaban J connectivity index is 2.26. The minimum atomic E-state index is -3.68. The Bertz CT molecular complexity index is 722. The number of likely N-dealkylation sites (tertiary alicyclic amines) is 1. The van der Waals surface area contributed by atoms with Gasteiger partial charge in [-0.3, -0.25) is 9.59 Å². The number of carbonyl (C=O) groups is 2. The number of hydrogen-bond acceptors (Lipinski definition) is 4. The number of carbonyl (C=O) groups excluding carboxylic acids is 1. The van der Waals surface area contributed by atoms with Crippen molar-refractivity contribution in [2.24, 2.45) is 11.1 Å². The van der Waals surface area contributed by atoms with Crippen LogP contribution in [-0.4, -0.2) is 42.6 Å². The van der Waals surface area contributed by atoms with Crippen molar-refractivity contribution in [2.75, 3.05) is 12.3 Å². The third kappa shape index (κ3) is 5.02. The second-order valence-electron chi connectivity index (χ2n) is 5.61. The zero-order chi connectivity index (χ0) is 17.2. The number of benzene rings is 1. The molecule has 0 bridgehead atoms. The number of aliphatic carboxylic acids is 1. The van der Waals surface area contributed by atoms with E-state index in [0.29, 0.717) is 5.56 Å². The molecule has 0 aromatic heterocycles. The molecule has 1 saturated heterocycles. The van der Waals surface area contributed by atoms with Crippen molar-refractivity contribution in [1.82, 2.24) is 4.90 Å². The van der Waals surface area contributed by atoms with Crippen molar-refractivity contribution < 1.29 is 23.1 Å². The van der Waals surface area contributed by atoms with E-state index in [2.05, 4.69) is 15.9 Å². The number of carboxylic acid groups (broad SMARTS) is 1. The van der Waals surface area contributed by atoms with Gasteiger partial charge in [-0.25, -0.2) is 13.6 Å². The van der Waals surface area contributed by atoms with Crippen LogP contribution < -0.4 is 5.14 Å². The van der Waals surface area contributed by atoms with Gasteiger partial charge >= 0.3 is 5.97 Å². The lowest BCUT2D eigenvalue weighted by molar-refractivity contribution is -0.139. The van der Waals surface area contributed by atoms with Gasteiger partial charge < -0.3 is 10.0 Å². The molecular weight excluding hydrogens is 388 g/mol. The third-order valence-corrected chi connectivity index (χ3v) is 5.11. The first-order valence-electron chi connectivity index (χ1n) is 6.93. The molecule has 0 saturated carbocycles. The van der Waals surface area contributed by atoms with Gasteiger partial charge in [0, 0.05) is 23.4 Å². The van der Waals surface area contributed by atoms with Crippen LogP contribution in [0.15, 0.2) is 28.7 Å². The van der Waals surface area contributed by atoms with Crippen LogP contribution in [0, 0.1) is 5.92 Å². The summed E-state index contributed by atoms with van der Waals surface area (Å²) in [7, 11) is -3.68. The molecule has 23 heavy (non-hydrogen) atoms. The van der Waals surface area contributed by atoms with Crippen LogP contribution in [0.25, 0.3) is 0 Å². The predicted octanol–water partition coefficient (Wildman–Crippen LogP) is 1.10. The Kier molecular flexibility index (Phi) is 5.43. The van der Waals surface area contributed by atoms with Crippen molar-refractivity contribution in [1.29, 1.82) is 0 Å². The highest BCUT2D eigenvalue weighted by molar-refractivity contribution is 9.10. The number of primary sulfonamides is 1. The molecule has 2 unspecified atom stereocenters. The summed E-state index contributed by atoms with van der Waals surface area (Å²) in [4.78, 5) is 24.8. The van der Waals surface area contributed by atoms with Crippen LogP contribution in [0.3, 0.4) is 0 Å². The summed E-state index contributed by atoms with van der Waals surface area (Å²) in [5.41, 5.74) is 0.686. The number of nitrogens with two attached hydrogens (primary N) is 1. The third-order valence-electron chi connectivity index (χ3n) is 3.68. The van der Waals surface area contributed by atoms with Crippen molar-refractivity contribution >= 4 is 37.8 Å². The van der Waals surface area contributed by atoms with Gasteiger partial charge in [0.1, 0.15) is 0 Å². The molecule has 1 aromatic rings. The predicted molar refractivity (Wildman–Crippen MR) is 86.9 cm³/mol. The molecule has 0 spiro atoms. The number of halogens is 1. The van der Waals surface area contributed by atoms with Crippen molar-refractivity contribution in [3.8, 4) is 0 Å². The first-order valence-corrected chi connectivity index (χ1v) is 9.44. The van der Waals surface area contributed by atoms with E-state index in [1.54, 1.807) is 24.3 Å². The van der Waals surface area contributed by atoms with Crippen LogP contribution in [0.5, 0.6) is 0 Å². The normalized spacial score (nSPS) is 19.8. The standard InChI is InChI=1S/C14H17BrN2O5S/c15-11-3-1-2-10(5-11)12(6-14(19)20)17-7-9(4-13(17)18)8-23(16,21)22/h1-3,5,9,12H,4,6-8H2,(H,19,20)(H2,16,21,22). The van der Waals surface area contributed by atoms with Gasteiger partial charge in [-0.1, -0.05) is 28.1 Å². The average molecular weight is 405 g/mol. The van der Waals surface area contributed by atoms with Gasteiger partial charge in [-0.05, 0) is 17.7 Å². The Labute approximate surface area is 142 Å². The number of carboxylic acids is 1. The Morgan fingerprint density at radius 2 is 2.17 bits per heavy atom. The lowest BCUT2D eigenvalue weighted by Crippen LogP contribution is -2.33. The highest BCUT2D eigenvalue weighted by atomic mass is 79.9. The average Bonchev–Trinajstić information content (AvgIpc) is 2.74. The summed E-state index contributed by atoms with van der Waals surface area (Å²) in [5.74, 6) is -1.99. The van der Waals surface area contributed by atoms with E-state index in [1.807, 2.05) is 0 Å². The van der Waals surface area contributed by atoms with E-state index >= 15 is 0 Å². The molecule has 3 N–H and O–H groups in total. The van der Waals surface area contributed by atoms with Crippen LogP contribution in [0.4, 0.5) is 0 Å². The van der Waals surface area contributed by atoms with Gasteiger partial charge in [-0.2, -0.15) is 0 Å². The molecule has 1 aliphatic rings. The number of hydrogen-bond donors (Lipinski definition) is 2. The zero-order valence-corrected chi connectivity index (χ0v) is 14.6. The number of sulfonamides is 1. The molecule has 0 aliphatic carbocycles.